The lowest BCUT2D eigenvalue weighted by molar-refractivity contribution is -0.115. The van der Waals surface area contributed by atoms with Gasteiger partial charge in [0.15, 0.2) is 0 Å². The van der Waals surface area contributed by atoms with Gasteiger partial charge in [0.1, 0.15) is 0 Å². The van der Waals surface area contributed by atoms with Crippen molar-refractivity contribution >= 4 is 23.2 Å². The summed E-state index contributed by atoms with van der Waals surface area (Å²) in [6.45, 7) is 4.22. The molecule has 2 unspecified atom stereocenters. The molecule has 2 atom stereocenters. The molecule has 1 aromatic carbocycles. The Morgan fingerprint density at radius 1 is 1.53 bits per heavy atom. The van der Waals surface area contributed by atoms with E-state index in [4.69, 9.17) is 17.3 Å². The van der Waals surface area contributed by atoms with Gasteiger partial charge in [-0.2, -0.15) is 0 Å². The number of halogens is 1. The van der Waals surface area contributed by atoms with E-state index < -0.39 is 0 Å². The number of nitrogens with two attached hydrogens (primary N) is 1. The molecule has 0 fully saturated rings. The highest BCUT2D eigenvalue weighted by Gasteiger charge is 2.23. The van der Waals surface area contributed by atoms with Gasteiger partial charge in [0.2, 0.25) is 5.91 Å². The lowest BCUT2D eigenvalue weighted by Crippen LogP contribution is -2.19. The van der Waals surface area contributed by atoms with Crippen LogP contribution in [0.2, 0.25) is 5.02 Å². The van der Waals surface area contributed by atoms with Crippen molar-refractivity contribution in [1.82, 2.24) is 0 Å². The molecule has 0 aliphatic carbocycles. The minimum atomic E-state index is -0.0755. The maximum Gasteiger partial charge on any atom is 0.228 e. The van der Waals surface area contributed by atoms with Crippen LogP contribution in [0.1, 0.15) is 37.4 Å². The lowest BCUT2D eigenvalue weighted by atomic mass is 9.92. The summed E-state index contributed by atoms with van der Waals surface area (Å²) in [5.74, 6) is 0.390. The Morgan fingerprint density at radius 3 is 2.88 bits per heavy atom. The van der Waals surface area contributed by atoms with E-state index in [9.17, 15) is 4.79 Å². The SMILES string of the molecule is CCC(C)C(N)c1cc2c(cc1Cl)NC(=O)C2. The van der Waals surface area contributed by atoms with Gasteiger partial charge in [0.05, 0.1) is 6.42 Å². The van der Waals surface area contributed by atoms with Crippen LogP contribution >= 0.6 is 11.6 Å². The monoisotopic (exact) mass is 252 g/mol. The van der Waals surface area contributed by atoms with Gasteiger partial charge in [-0.3, -0.25) is 4.79 Å². The summed E-state index contributed by atoms with van der Waals surface area (Å²) < 4.78 is 0. The fourth-order valence-electron chi connectivity index (χ4n) is 2.08. The topological polar surface area (TPSA) is 55.1 Å². The minimum absolute atomic E-state index is 0.0188. The highest BCUT2D eigenvalue weighted by Crippen LogP contribution is 2.34. The van der Waals surface area contributed by atoms with Crippen LogP contribution in [0.25, 0.3) is 0 Å². The van der Waals surface area contributed by atoms with Gasteiger partial charge in [0, 0.05) is 16.8 Å². The van der Waals surface area contributed by atoms with Crippen LogP contribution in [0.15, 0.2) is 12.1 Å². The predicted octanol–water partition coefficient (Wildman–Crippen LogP) is 2.88. The van der Waals surface area contributed by atoms with Crippen LogP contribution in [0.5, 0.6) is 0 Å². The molecule has 0 saturated heterocycles. The van der Waals surface area contributed by atoms with E-state index in [0.717, 1.165) is 23.2 Å². The first-order chi connectivity index (χ1) is 8.02. The number of rotatable bonds is 3. The second-order valence-corrected chi connectivity index (χ2v) is 5.07. The lowest BCUT2D eigenvalue weighted by Gasteiger charge is -2.20. The van der Waals surface area contributed by atoms with Crippen LogP contribution < -0.4 is 11.1 Å². The molecular weight excluding hydrogens is 236 g/mol. The molecule has 0 aromatic heterocycles. The third kappa shape index (κ3) is 2.31. The normalized spacial score (nSPS) is 17.5. The van der Waals surface area contributed by atoms with Crippen LogP contribution in [-0.4, -0.2) is 5.91 Å². The van der Waals surface area contributed by atoms with E-state index in [2.05, 4.69) is 19.2 Å². The Bertz CT molecular complexity index is 459. The molecule has 4 heteroatoms. The van der Waals surface area contributed by atoms with E-state index in [1.807, 2.05) is 6.07 Å². The average molecular weight is 253 g/mol. The Hall–Kier alpha value is -1.06. The first-order valence-electron chi connectivity index (χ1n) is 5.90. The Balaban J connectivity index is 2.37. The van der Waals surface area contributed by atoms with Crippen molar-refractivity contribution < 1.29 is 4.79 Å². The first-order valence-corrected chi connectivity index (χ1v) is 6.28. The second kappa shape index (κ2) is 4.67. The zero-order valence-electron chi connectivity index (χ0n) is 10.1. The zero-order valence-corrected chi connectivity index (χ0v) is 10.8. The first kappa shape index (κ1) is 12.4. The standard InChI is InChI=1S/C13H17ClN2O/c1-3-7(2)13(15)9-4-8-5-12(17)16-11(8)6-10(9)14/h4,6-7,13H,3,5,15H2,1-2H3,(H,16,17). The molecule has 0 spiro atoms. The highest BCUT2D eigenvalue weighted by molar-refractivity contribution is 6.32. The molecule has 1 aliphatic heterocycles. The van der Waals surface area contributed by atoms with Crippen LogP contribution in [0.3, 0.4) is 0 Å². The van der Waals surface area contributed by atoms with Crippen LogP contribution in [-0.2, 0) is 11.2 Å². The van der Waals surface area contributed by atoms with Gasteiger partial charge < -0.3 is 11.1 Å². The van der Waals surface area contributed by atoms with Gasteiger partial charge >= 0.3 is 0 Å². The van der Waals surface area contributed by atoms with Gasteiger partial charge in [-0.1, -0.05) is 37.9 Å². The van der Waals surface area contributed by atoms with Gasteiger partial charge in [-0.25, -0.2) is 0 Å². The van der Waals surface area contributed by atoms with Crippen molar-refractivity contribution in [3.8, 4) is 0 Å². The molecule has 2 rings (SSSR count). The van der Waals surface area contributed by atoms with Crippen molar-refractivity contribution in [2.24, 2.45) is 11.7 Å². The largest absolute Gasteiger partial charge is 0.325 e. The number of carbonyl (C=O) groups excluding carboxylic acids is 1. The number of hydrogen-bond acceptors (Lipinski definition) is 2. The summed E-state index contributed by atoms with van der Waals surface area (Å²) in [6, 6.07) is 3.69. The van der Waals surface area contributed by atoms with Crippen LogP contribution in [0, 0.1) is 5.92 Å². The van der Waals surface area contributed by atoms with Crippen molar-refractivity contribution in [3.05, 3.63) is 28.3 Å². The molecule has 0 radical (unpaired) electrons. The minimum Gasteiger partial charge on any atom is -0.325 e. The summed E-state index contributed by atoms with van der Waals surface area (Å²) in [7, 11) is 0. The van der Waals surface area contributed by atoms with Crippen molar-refractivity contribution in [3.63, 3.8) is 0 Å². The number of carbonyl (C=O) groups is 1. The van der Waals surface area contributed by atoms with Gasteiger partial charge in [-0.05, 0) is 23.1 Å². The number of nitrogens with one attached hydrogen (secondary N) is 1. The van der Waals surface area contributed by atoms with Crippen molar-refractivity contribution in [2.75, 3.05) is 5.32 Å². The maximum atomic E-state index is 11.3. The molecular formula is C13H17ClN2O. The summed E-state index contributed by atoms with van der Waals surface area (Å²) in [6.07, 6.45) is 1.43. The zero-order chi connectivity index (χ0) is 12.6. The smallest absolute Gasteiger partial charge is 0.228 e. The third-order valence-electron chi connectivity index (χ3n) is 3.46. The van der Waals surface area contributed by atoms with Crippen molar-refractivity contribution in [2.45, 2.75) is 32.7 Å². The summed E-state index contributed by atoms with van der Waals surface area (Å²) >= 11 is 6.22. The molecule has 1 heterocycles. The summed E-state index contributed by atoms with van der Waals surface area (Å²) in [5.41, 5.74) is 8.94. The third-order valence-corrected chi connectivity index (χ3v) is 3.79. The molecule has 3 nitrogen and oxygen atoms in total. The highest BCUT2D eigenvalue weighted by atomic mass is 35.5. The number of hydrogen-bond donors (Lipinski definition) is 2. The maximum absolute atomic E-state index is 11.3. The molecule has 92 valence electrons. The fraction of sp³-hybridized carbons (Fsp3) is 0.462. The Labute approximate surface area is 106 Å². The fourth-order valence-corrected chi connectivity index (χ4v) is 2.37. The molecule has 0 bridgehead atoms. The van der Waals surface area contributed by atoms with E-state index in [1.54, 1.807) is 6.07 Å². The Kier molecular flexibility index (Phi) is 3.40. The molecule has 3 N–H and O–H groups in total. The van der Waals surface area contributed by atoms with E-state index in [1.165, 1.54) is 0 Å². The Morgan fingerprint density at radius 2 is 2.24 bits per heavy atom. The van der Waals surface area contributed by atoms with Crippen LogP contribution in [0.4, 0.5) is 5.69 Å². The van der Waals surface area contributed by atoms with E-state index >= 15 is 0 Å². The number of amides is 1. The quantitative estimate of drug-likeness (QED) is 0.869. The number of benzene rings is 1. The van der Waals surface area contributed by atoms with Crippen molar-refractivity contribution in [1.29, 1.82) is 0 Å². The molecule has 0 saturated carbocycles. The number of anilines is 1. The summed E-state index contributed by atoms with van der Waals surface area (Å²) in [5, 5.41) is 3.42. The van der Waals surface area contributed by atoms with E-state index in [0.29, 0.717) is 17.4 Å². The number of fused-ring (bicyclic) bond motifs is 1. The van der Waals surface area contributed by atoms with Gasteiger partial charge in [0.25, 0.3) is 0 Å². The average Bonchev–Trinajstić information content (AvgIpc) is 2.65. The molecule has 1 aromatic rings. The molecule has 1 aliphatic rings. The van der Waals surface area contributed by atoms with E-state index in [-0.39, 0.29) is 11.9 Å². The molecule has 17 heavy (non-hydrogen) atoms. The van der Waals surface area contributed by atoms with Gasteiger partial charge in [-0.15, -0.1) is 0 Å². The predicted molar refractivity (Wildman–Crippen MR) is 70.2 cm³/mol. The molecule has 1 amide bonds. The summed E-state index contributed by atoms with van der Waals surface area (Å²) in [4.78, 5) is 11.3. The second-order valence-electron chi connectivity index (χ2n) is 4.67.